The van der Waals surface area contributed by atoms with Crippen molar-refractivity contribution in [3.8, 4) is 0 Å². The molecule has 3 unspecified atom stereocenters. The van der Waals surface area contributed by atoms with E-state index >= 15 is 0 Å². The predicted molar refractivity (Wildman–Crippen MR) is 55.2 cm³/mol. The minimum Gasteiger partial charge on any atom is -0.481 e. The summed E-state index contributed by atoms with van der Waals surface area (Å²) < 4.78 is 11.6. The number of rotatable bonds is 4. The molecule has 5 nitrogen and oxygen atoms in total. The topological polar surface area (TPSA) is 76.0 Å². The highest BCUT2D eigenvalue weighted by atomic mass is 16.6. The lowest BCUT2D eigenvalue weighted by molar-refractivity contribution is -0.248. The van der Waals surface area contributed by atoms with Crippen LogP contribution in [0.2, 0.25) is 0 Å². The van der Waals surface area contributed by atoms with Crippen LogP contribution in [0.25, 0.3) is 0 Å². The first-order chi connectivity index (χ1) is 7.50. The van der Waals surface area contributed by atoms with Gasteiger partial charge in [-0.3, -0.25) is 4.79 Å². The molecule has 0 amide bonds. The Bertz CT molecular complexity index is 292. The Morgan fingerprint density at radius 3 is 2.94 bits per heavy atom. The number of ether oxygens (including phenoxy) is 2. The molecule has 3 atom stereocenters. The van der Waals surface area contributed by atoms with E-state index in [4.69, 9.17) is 14.6 Å². The zero-order valence-corrected chi connectivity index (χ0v) is 9.44. The van der Waals surface area contributed by atoms with E-state index in [9.17, 15) is 9.90 Å². The molecule has 0 saturated carbocycles. The number of carboxylic acid groups (broad SMARTS) is 1. The van der Waals surface area contributed by atoms with Crippen LogP contribution in [-0.4, -0.2) is 46.7 Å². The average Bonchev–Trinajstić information content (AvgIpc) is 2.64. The van der Waals surface area contributed by atoms with Crippen molar-refractivity contribution in [3.63, 3.8) is 0 Å². The van der Waals surface area contributed by atoms with Crippen molar-refractivity contribution in [2.75, 3.05) is 13.2 Å². The first-order valence-electron chi connectivity index (χ1n) is 5.64. The number of carbonyl (C=O) groups is 1. The van der Waals surface area contributed by atoms with E-state index < -0.39 is 17.2 Å². The molecule has 0 aromatic rings. The fraction of sp³-hybridized carbons (Fsp3) is 0.909. The largest absolute Gasteiger partial charge is 0.481 e. The number of aliphatic hydroxyl groups is 1. The molecule has 2 aliphatic rings. The van der Waals surface area contributed by atoms with Gasteiger partial charge in [0.15, 0.2) is 0 Å². The van der Waals surface area contributed by atoms with Gasteiger partial charge in [-0.2, -0.15) is 0 Å². The first-order valence-corrected chi connectivity index (χ1v) is 5.64. The van der Waals surface area contributed by atoms with Gasteiger partial charge in [0.1, 0.15) is 5.60 Å². The van der Waals surface area contributed by atoms with Crippen molar-refractivity contribution in [3.05, 3.63) is 0 Å². The summed E-state index contributed by atoms with van der Waals surface area (Å²) in [5.41, 5.74) is -1.05. The molecule has 2 aliphatic heterocycles. The Morgan fingerprint density at radius 1 is 1.56 bits per heavy atom. The molecular formula is C11H18O5. The van der Waals surface area contributed by atoms with Gasteiger partial charge in [-0.25, -0.2) is 0 Å². The SMILES string of the molecule is CC1(CCC(=O)O)OCC2(CO)CCC1O2. The standard InChI is InChI=1S/C11H18O5/c1-10(4-3-9(13)14)8-2-5-11(6-12,16-8)7-15-10/h8,12H,2-7H2,1H3,(H,13,14). The second-order valence-corrected chi connectivity index (χ2v) is 4.98. The molecule has 2 N–H and O–H groups in total. The summed E-state index contributed by atoms with van der Waals surface area (Å²) >= 11 is 0. The molecule has 2 saturated heterocycles. The second kappa shape index (κ2) is 3.98. The van der Waals surface area contributed by atoms with Crippen LogP contribution in [-0.2, 0) is 14.3 Å². The Balaban J connectivity index is 2.01. The number of aliphatic hydroxyl groups excluding tert-OH is 1. The number of hydrogen-bond acceptors (Lipinski definition) is 4. The van der Waals surface area contributed by atoms with Crippen LogP contribution in [0.1, 0.15) is 32.6 Å². The van der Waals surface area contributed by atoms with Gasteiger partial charge in [0.25, 0.3) is 0 Å². The third kappa shape index (κ3) is 1.95. The summed E-state index contributed by atoms with van der Waals surface area (Å²) in [7, 11) is 0. The monoisotopic (exact) mass is 230 g/mol. The summed E-state index contributed by atoms with van der Waals surface area (Å²) in [5, 5.41) is 17.9. The van der Waals surface area contributed by atoms with Crippen molar-refractivity contribution < 1.29 is 24.5 Å². The van der Waals surface area contributed by atoms with Crippen LogP contribution in [0.15, 0.2) is 0 Å². The molecule has 2 rings (SSSR count). The van der Waals surface area contributed by atoms with Crippen molar-refractivity contribution in [1.82, 2.24) is 0 Å². The lowest BCUT2D eigenvalue weighted by Crippen LogP contribution is -2.54. The zero-order chi connectivity index (χ0) is 11.8. The third-order valence-electron chi connectivity index (χ3n) is 3.72. The van der Waals surface area contributed by atoms with Crippen LogP contribution in [0.4, 0.5) is 0 Å². The van der Waals surface area contributed by atoms with Crippen molar-refractivity contribution in [2.45, 2.75) is 49.9 Å². The molecule has 5 heteroatoms. The Labute approximate surface area is 94.4 Å². The molecule has 2 bridgehead atoms. The van der Waals surface area contributed by atoms with E-state index in [2.05, 4.69) is 0 Å². The molecular weight excluding hydrogens is 212 g/mol. The first kappa shape index (κ1) is 11.8. The van der Waals surface area contributed by atoms with Gasteiger partial charge >= 0.3 is 5.97 Å². The van der Waals surface area contributed by atoms with Crippen molar-refractivity contribution in [1.29, 1.82) is 0 Å². The van der Waals surface area contributed by atoms with E-state index in [1.165, 1.54) is 0 Å². The molecule has 0 spiro atoms. The van der Waals surface area contributed by atoms with E-state index in [1.807, 2.05) is 6.92 Å². The predicted octanol–water partition coefficient (Wildman–Crippen LogP) is 0.550. The molecule has 92 valence electrons. The highest BCUT2D eigenvalue weighted by Gasteiger charge is 2.53. The number of fused-ring (bicyclic) bond motifs is 2. The molecule has 2 fully saturated rings. The van der Waals surface area contributed by atoms with Gasteiger partial charge in [-0.05, 0) is 26.2 Å². The Morgan fingerprint density at radius 2 is 2.31 bits per heavy atom. The van der Waals surface area contributed by atoms with Crippen LogP contribution in [0.5, 0.6) is 0 Å². The number of hydrogen-bond donors (Lipinski definition) is 2. The van der Waals surface area contributed by atoms with E-state index in [0.717, 1.165) is 12.8 Å². The van der Waals surface area contributed by atoms with E-state index in [1.54, 1.807) is 0 Å². The highest BCUT2D eigenvalue weighted by molar-refractivity contribution is 5.66. The smallest absolute Gasteiger partial charge is 0.303 e. The Kier molecular flexibility index (Phi) is 2.94. The van der Waals surface area contributed by atoms with Crippen molar-refractivity contribution >= 4 is 5.97 Å². The fourth-order valence-electron chi connectivity index (χ4n) is 2.49. The Hall–Kier alpha value is -0.650. The van der Waals surface area contributed by atoms with Gasteiger partial charge in [-0.1, -0.05) is 0 Å². The molecule has 16 heavy (non-hydrogen) atoms. The molecule has 2 heterocycles. The van der Waals surface area contributed by atoms with Crippen molar-refractivity contribution in [2.24, 2.45) is 0 Å². The molecule has 0 aromatic carbocycles. The number of aliphatic carboxylic acids is 1. The maximum Gasteiger partial charge on any atom is 0.303 e. The van der Waals surface area contributed by atoms with Gasteiger partial charge in [0, 0.05) is 6.42 Å². The van der Waals surface area contributed by atoms with Crippen LogP contribution in [0.3, 0.4) is 0 Å². The van der Waals surface area contributed by atoms with Gasteiger partial charge in [0.2, 0.25) is 0 Å². The van der Waals surface area contributed by atoms with Crippen LogP contribution in [0, 0.1) is 0 Å². The normalized spacial score (nSPS) is 42.2. The third-order valence-corrected chi connectivity index (χ3v) is 3.72. The second-order valence-electron chi connectivity index (χ2n) is 4.98. The van der Waals surface area contributed by atoms with Gasteiger partial charge in [0.05, 0.1) is 24.9 Å². The lowest BCUT2D eigenvalue weighted by Gasteiger charge is -2.43. The quantitative estimate of drug-likeness (QED) is 0.737. The minimum absolute atomic E-state index is 0.0293. The summed E-state index contributed by atoms with van der Waals surface area (Å²) in [5.74, 6) is -0.818. The fourth-order valence-corrected chi connectivity index (χ4v) is 2.49. The summed E-state index contributed by atoms with van der Waals surface area (Å²) in [6.07, 6.45) is 2.07. The maximum absolute atomic E-state index is 10.6. The van der Waals surface area contributed by atoms with E-state index in [0.29, 0.717) is 13.0 Å². The minimum atomic E-state index is -0.818. The number of carboxylic acids is 1. The summed E-state index contributed by atoms with van der Waals surface area (Å²) in [6, 6.07) is 0. The van der Waals surface area contributed by atoms with Gasteiger partial charge in [-0.15, -0.1) is 0 Å². The maximum atomic E-state index is 10.6. The van der Waals surface area contributed by atoms with Gasteiger partial charge < -0.3 is 19.7 Å². The summed E-state index contributed by atoms with van der Waals surface area (Å²) in [6.45, 7) is 2.22. The van der Waals surface area contributed by atoms with Crippen LogP contribution < -0.4 is 0 Å². The van der Waals surface area contributed by atoms with Crippen LogP contribution >= 0.6 is 0 Å². The summed E-state index contributed by atoms with van der Waals surface area (Å²) in [4.78, 5) is 10.6. The molecule has 0 radical (unpaired) electrons. The average molecular weight is 230 g/mol. The molecule has 0 aliphatic carbocycles. The van der Waals surface area contributed by atoms with E-state index in [-0.39, 0.29) is 19.1 Å². The lowest BCUT2D eigenvalue weighted by atomic mass is 9.91. The molecule has 0 aromatic heterocycles. The zero-order valence-electron chi connectivity index (χ0n) is 9.44. The highest BCUT2D eigenvalue weighted by Crippen LogP contribution is 2.44.